The number of amides is 1. The van der Waals surface area contributed by atoms with Crippen LogP contribution in [-0.4, -0.2) is 48.9 Å². The van der Waals surface area contributed by atoms with Gasteiger partial charge in [0.1, 0.15) is 5.01 Å². The lowest BCUT2D eigenvalue weighted by Crippen LogP contribution is -2.38. The smallest absolute Gasteiger partial charge is 0.253 e. The molecule has 1 aromatic carbocycles. The highest BCUT2D eigenvalue weighted by atomic mass is 127. The highest BCUT2D eigenvalue weighted by Gasteiger charge is 2.08. The van der Waals surface area contributed by atoms with Gasteiger partial charge in [0.2, 0.25) is 0 Å². The number of benzene rings is 1. The highest BCUT2D eigenvalue weighted by Crippen LogP contribution is 2.16. The van der Waals surface area contributed by atoms with E-state index < -0.39 is 0 Å². The van der Waals surface area contributed by atoms with Crippen molar-refractivity contribution >= 4 is 47.2 Å². The van der Waals surface area contributed by atoms with Crippen molar-refractivity contribution in [3.63, 3.8) is 0 Å². The molecule has 0 spiro atoms. The zero-order valence-electron chi connectivity index (χ0n) is 17.2. The number of aryl methyl sites for hydroxylation is 2. The fourth-order valence-corrected chi connectivity index (χ4v) is 3.40. The van der Waals surface area contributed by atoms with Gasteiger partial charge in [-0.3, -0.25) is 4.79 Å². The molecule has 0 saturated carbocycles. The van der Waals surface area contributed by atoms with Crippen LogP contribution in [0.15, 0.2) is 29.3 Å². The Kier molecular flexibility index (Phi) is 10.4. The SMILES string of the molecule is CCNC(=NCc1nc(C)c(C)s1)NCCc1cccc(C(=O)N(C)C)c1.I. The fraction of sp³-hybridized carbons (Fsp3) is 0.450. The maximum atomic E-state index is 12.1. The lowest BCUT2D eigenvalue weighted by Gasteiger charge is -2.13. The van der Waals surface area contributed by atoms with Gasteiger partial charge in [0, 0.05) is 37.6 Å². The first-order valence-electron chi connectivity index (χ1n) is 9.16. The minimum atomic E-state index is 0. The number of carbonyl (C=O) groups is 1. The topological polar surface area (TPSA) is 69.6 Å². The van der Waals surface area contributed by atoms with Crippen molar-refractivity contribution in [2.75, 3.05) is 27.2 Å². The number of rotatable bonds is 7. The Balaban J connectivity index is 0.00000392. The van der Waals surface area contributed by atoms with Crippen LogP contribution in [0.25, 0.3) is 0 Å². The number of hydrogen-bond donors (Lipinski definition) is 2. The third kappa shape index (κ3) is 7.38. The molecule has 0 radical (unpaired) electrons. The predicted octanol–water partition coefficient (Wildman–Crippen LogP) is 3.38. The van der Waals surface area contributed by atoms with Gasteiger partial charge in [-0.05, 0) is 44.9 Å². The Morgan fingerprint density at radius 2 is 2.00 bits per heavy atom. The van der Waals surface area contributed by atoms with Crippen LogP contribution in [0.5, 0.6) is 0 Å². The molecule has 154 valence electrons. The van der Waals surface area contributed by atoms with Gasteiger partial charge in [-0.15, -0.1) is 35.3 Å². The molecule has 0 aliphatic rings. The van der Waals surface area contributed by atoms with Crippen molar-refractivity contribution in [1.82, 2.24) is 20.5 Å². The normalized spacial score (nSPS) is 11.0. The van der Waals surface area contributed by atoms with Crippen molar-refractivity contribution in [3.8, 4) is 0 Å². The minimum absolute atomic E-state index is 0. The van der Waals surface area contributed by atoms with Crippen LogP contribution in [0.2, 0.25) is 0 Å². The lowest BCUT2D eigenvalue weighted by molar-refractivity contribution is 0.0827. The Hall–Kier alpha value is -1.68. The van der Waals surface area contributed by atoms with E-state index in [9.17, 15) is 4.79 Å². The Bertz CT molecular complexity index is 784. The first-order chi connectivity index (χ1) is 12.9. The summed E-state index contributed by atoms with van der Waals surface area (Å²) in [6, 6.07) is 7.77. The molecule has 1 amide bonds. The molecular formula is C20H30IN5OS. The van der Waals surface area contributed by atoms with Crippen molar-refractivity contribution in [2.45, 2.75) is 33.7 Å². The summed E-state index contributed by atoms with van der Waals surface area (Å²) in [4.78, 5) is 24.1. The standard InChI is InChI=1S/C20H29N5OS.HI/c1-6-21-20(23-13-18-24-14(2)15(3)27-18)22-11-10-16-8-7-9-17(12-16)19(26)25(4)5;/h7-9,12H,6,10-11,13H2,1-5H3,(H2,21,22,23);1H. The third-order valence-electron chi connectivity index (χ3n) is 4.08. The van der Waals surface area contributed by atoms with Gasteiger partial charge < -0.3 is 15.5 Å². The number of guanidine groups is 1. The van der Waals surface area contributed by atoms with Crippen LogP contribution in [0, 0.1) is 13.8 Å². The second-order valence-electron chi connectivity index (χ2n) is 6.52. The van der Waals surface area contributed by atoms with Crippen molar-refractivity contribution < 1.29 is 4.79 Å². The van der Waals surface area contributed by atoms with Gasteiger partial charge in [0.25, 0.3) is 5.91 Å². The van der Waals surface area contributed by atoms with Crippen LogP contribution in [0.3, 0.4) is 0 Å². The summed E-state index contributed by atoms with van der Waals surface area (Å²) in [5.41, 5.74) is 2.92. The van der Waals surface area contributed by atoms with E-state index in [0.29, 0.717) is 12.1 Å². The maximum absolute atomic E-state index is 12.1. The fourth-order valence-electron chi connectivity index (χ4n) is 2.54. The Morgan fingerprint density at radius 1 is 1.25 bits per heavy atom. The molecular weight excluding hydrogens is 485 g/mol. The molecule has 28 heavy (non-hydrogen) atoms. The van der Waals surface area contributed by atoms with Crippen molar-refractivity contribution in [3.05, 3.63) is 51.0 Å². The maximum Gasteiger partial charge on any atom is 0.253 e. The molecule has 2 rings (SSSR count). The lowest BCUT2D eigenvalue weighted by atomic mass is 10.1. The number of hydrogen-bond acceptors (Lipinski definition) is 4. The number of aliphatic imine (C=N–C) groups is 1. The number of nitrogens with one attached hydrogen (secondary N) is 2. The number of thiazole rings is 1. The molecule has 0 saturated heterocycles. The van der Waals surface area contributed by atoms with E-state index in [1.165, 1.54) is 4.88 Å². The largest absolute Gasteiger partial charge is 0.357 e. The van der Waals surface area contributed by atoms with Crippen LogP contribution in [-0.2, 0) is 13.0 Å². The average molecular weight is 515 g/mol. The van der Waals surface area contributed by atoms with Gasteiger partial charge in [-0.25, -0.2) is 9.98 Å². The molecule has 1 heterocycles. The third-order valence-corrected chi connectivity index (χ3v) is 5.13. The van der Waals surface area contributed by atoms with Gasteiger partial charge in [-0.1, -0.05) is 12.1 Å². The average Bonchev–Trinajstić information content (AvgIpc) is 2.97. The number of nitrogens with zero attached hydrogens (tertiary/aromatic N) is 3. The molecule has 0 aliphatic carbocycles. The molecule has 1 aromatic heterocycles. The predicted molar refractivity (Wildman–Crippen MR) is 128 cm³/mol. The van der Waals surface area contributed by atoms with E-state index in [4.69, 9.17) is 0 Å². The van der Waals surface area contributed by atoms with E-state index in [2.05, 4.69) is 27.5 Å². The summed E-state index contributed by atoms with van der Waals surface area (Å²) in [5.74, 6) is 0.803. The first kappa shape index (κ1) is 24.4. The summed E-state index contributed by atoms with van der Waals surface area (Å²) in [7, 11) is 3.53. The summed E-state index contributed by atoms with van der Waals surface area (Å²) in [6.45, 7) is 8.26. The number of halogens is 1. The van der Waals surface area contributed by atoms with E-state index in [0.717, 1.165) is 41.7 Å². The van der Waals surface area contributed by atoms with Crippen molar-refractivity contribution in [1.29, 1.82) is 0 Å². The van der Waals surface area contributed by atoms with E-state index in [-0.39, 0.29) is 29.9 Å². The van der Waals surface area contributed by atoms with E-state index in [1.54, 1.807) is 30.3 Å². The molecule has 0 aliphatic heterocycles. The quantitative estimate of drug-likeness (QED) is 0.337. The van der Waals surface area contributed by atoms with Crippen LogP contribution in [0.4, 0.5) is 0 Å². The molecule has 0 fully saturated rings. The summed E-state index contributed by atoms with van der Waals surface area (Å²) in [5, 5.41) is 7.64. The van der Waals surface area contributed by atoms with Gasteiger partial charge in [0.05, 0.1) is 12.2 Å². The summed E-state index contributed by atoms with van der Waals surface area (Å²) < 4.78 is 0. The second-order valence-corrected chi connectivity index (χ2v) is 7.81. The molecule has 0 unspecified atom stereocenters. The number of aromatic nitrogens is 1. The molecule has 2 aromatic rings. The Morgan fingerprint density at radius 3 is 2.61 bits per heavy atom. The second kappa shape index (κ2) is 12.0. The van der Waals surface area contributed by atoms with Gasteiger partial charge in [-0.2, -0.15) is 0 Å². The number of carbonyl (C=O) groups excluding carboxylic acids is 1. The molecule has 2 N–H and O–H groups in total. The van der Waals surface area contributed by atoms with Gasteiger partial charge >= 0.3 is 0 Å². The molecule has 0 atom stereocenters. The highest BCUT2D eigenvalue weighted by molar-refractivity contribution is 14.0. The van der Waals surface area contributed by atoms with Crippen LogP contribution in [0.1, 0.15) is 38.4 Å². The Labute approximate surface area is 188 Å². The zero-order chi connectivity index (χ0) is 19.8. The monoisotopic (exact) mass is 515 g/mol. The minimum Gasteiger partial charge on any atom is -0.357 e. The van der Waals surface area contributed by atoms with E-state index in [1.807, 2.05) is 38.1 Å². The molecule has 6 nitrogen and oxygen atoms in total. The summed E-state index contributed by atoms with van der Waals surface area (Å²) >= 11 is 1.69. The first-order valence-corrected chi connectivity index (χ1v) is 9.98. The zero-order valence-corrected chi connectivity index (χ0v) is 20.4. The summed E-state index contributed by atoms with van der Waals surface area (Å²) in [6.07, 6.45) is 0.814. The van der Waals surface area contributed by atoms with Crippen molar-refractivity contribution in [2.24, 2.45) is 4.99 Å². The van der Waals surface area contributed by atoms with E-state index >= 15 is 0 Å². The molecule has 8 heteroatoms. The molecule has 0 bridgehead atoms. The van der Waals surface area contributed by atoms with Gasteiger partial charge in [0.15, 0.2) is 5.96 Å². The van der Waals surface area contributed by atoms with Crippen LogP contribution >= 0.6 is 35.3 Å². The van der Waals surface area contributed by atoms with Crippen LogP contribution < -0.4 is 10.6 Å².